The molecule has 0 spiro atoms. The highest BCUT2D eigenvalue weighted by Crippen LogP contribution is 2.26. The first-order valence-electron chi connectivity index (χ1n) is 7.60. The van der Waals surface area contributed by atoms with Crippen LogP contribution in [0.3, 0.4) is 0 Å². The number of halogens is 1. The van der Waals surface area contributed by atoms with E-state index < -0.39 is 0 Å². The van der Waals surface area contributed by atoms with Crippen molar-refractivity contribution in [3.8, 4) is 5.75 Å². The number of rotatable bonds is 3. The second kappa shape index (κ2) is 6.99. The summed E-state index contributed by atoms with van der Waals surface area (Å²) < 4.78 is 0. The molecule has 23 heavy (non-hydrogen) atoms. The van der Waals surface area contributed by atoms with Gasteiger partial charge < -0.3 is 5.11 Å². The van der Waals surface area contributed by atoms with E-state index in [9.17, 15) is 9.90 Å². The summed E-state index contributed by atoms with van der Waals surface area (Å²) in [6.07, 6.45) is 2.40. The molecule has 0 saturated carbocycles. The molecule has 2 aromatic rings. The van der Waals surface area contributed by atoms with Gasteiger partial charge in [-0.25, -0.2) is 0 Å². The van der Waals surface area contributed by atoms with Crippen LogP contribution in [0.25, 0.3) is 6.08 Å². The first kappa shape index (κ1) is 15.8. The lowest BCUT2D eigenvalue weighted by Gasteiger charge is -2.27. The summed E-state index contributed by atoms with van der Waals surface area (Å²) in [5, 5.41) is 9.78. The van der Waals surface area contributed by atoms with E-state index in [0.29, 0.717) is 18.0 Å². The van der Waals surface area contributed by atoms with Gasteiger partial charge in [0.05, 0.1) is 5.02 Å². The smallest absolute Gasteiger partial charge is 0.161 e. The summed E-state index contributed by atoms with van der Waals surface area (Å²) in [6, 6.07) is 15.2. The fraction of sp³-hybridized carbons (Fsp3) is 0.211. The third-order valence-electron chi connectivity index (χ3n) is 3.97. The number of phenolic OH excluding ortho intramolecular Hbond substituents is 1. The Kier molecular flexibility index (Phi) is 4.79. The second-order valence-corrected chi connectivity index (χ2v) is 6.16. The maximum Gasteiger partial charge on any atom is 0.161 e. The number of carbonyl (C=O) groups is 1. The topological polar surface area (TPSA) is 40.5 Å². The Labute approximate surface area is 140 Å². The molecular formula is C19H18ClNO2. The number of nitrogens with zero attached hydrogens (tertiary/aromatic N) is 1. The number of likely N-dealkylation sites (tertiary alicyclic amines) is 1. The first-order valence-corrected chi connectivity index (χ1v) is 7.98. The molecule has 0 aromatic heterocycles. The molecule has 1 saturated heterocycles. The van der Waals surface area contributed by atoms with Crippen molar-refractivity contribution in [3.63, 3.8) is 0 Å². The van der Waals surface area contributed by atoms with Crippen molar-refractivity contribution in [1.29, 1.82) is 0 Å². The van der Waals surface area contributed by atoms with Crippen LogP contribution in [0.1, 0.15) is 17.5 Å². The highest BCUT2D eigenvalue weighted by molar-refractivity contribution is 6.32. The van der Waals surface area contributed by atoms with E-state index in [1.807, 2.05) is 24.3 Å². The summed E-state index contributed by atoms with van der Waals surface area (Å²) in [5.74, 6) is 0.230. The standard InChI is InChI=1S/C19H18ClNO2/c20-17-11-15(6-7-19(17)23)10-16-13-21(9-8-18(16)22)12-14-4-2-1-3-5-14/h1-7,10-11,23H,8-9,12-13H2/b16-10+. The number of phenols is 1. The Hall–Kier alpha value is -2.10. The Balaban J connectivity index is 1.76. The highest BCUT2D eigenvalue weighted by atomic mass is 35.5. The van der Waals surface area contributed by atoms with Crippen molar-refractivity contribution in [3.05, 3.63) is 70.3 Å². The van der Waals surface area contributed by atoms with E-state index in [1.165, 1.54) is 5.56 Å². The molecule has 1 heterocycles. The van der Waals surface area contributed by atoms with Crippen LogP contribution < -0.4 is 0 Å². The van der Waals surface area contributed by atoms with Gasteiger partial charge >= 0.3 is 0 Å². The van der Waals surface area contributed by atoms with Gasteiger partial charge in [0.2, 0.25) is 0 Å². The molecule has 3 nitrogen and oxygen atoms in total. The second-order valence-electron chi connectivity index (χ2n) is 5.75. The molecule has 0 atom stereocenters. The Bertz CT molecular complexity index is 740. The molecule has 1 aliphatic heterocycles. The molecule has 1 N–H and O–H groups in total. The average Bonchev–Trinajstić information content (AvgIpc) is 2.55. The zero-order valence-electron chi connectivity index (χ0n) is 12.7. The molecule has 0 bridgehead atoms. The van der Waals surface area contributed by atoms with Crippen molar-refractivity contribution >= 4 is 23.5 Å². The zero-order chi connectivity index (χ0) is 16.2. The Morgan fingerprint density at radius 3 is 2.70 bits per heavy atom. The average molecular weight is 328 g/mol. The first-order chi connectivity index (χ1) is 11.1. The van der Waals surface area contributed by atoms with Crippen LogP contribution in [0.5, 0.6) is 5.75 Å². The van der Waals surface area contributed by atoms with E-state index in [-0.39, 0.29) is 11.5 Å². The van der Waals surface area contributed by atoms with Crippen LogP contribution in [0.2, 0.25) is 5.02 Å². The lowest BCUT2D eigenvalue weighted by molar-refractivity contribution is -0.117. The quantitative estimate of drug-likeness (QED) is 0.869. The van der Waals surface area contributed by atoms with E-state index in [1.54, 1.807) is 18.2 Å². The van der Waals surface area contributed by atoms with E-state index >= 15 is 0 Å². The van der Waals surface area contributed by atoms with Crippen molar-refractivity contribution in [2.24, 2.45) is 0 Å². The lowest BCUT2D eigenvalue weighted by atomic mass is 9.99. The number of piperidine rings is 1. The number of benzene rings is 2. The SMILES string of the molecule is O=C1CCN(Cc2ccccc2)C/C1=C\c1ccc(O)c(Cl)c1. The Morgan fingerprint density at radius 2 is 1.96 bits per heavy atom. The molecule has 0 aliphatic carbocycles. The maximum atomic E-state index is 12.2. The van der Waals surface area contributed by atoms with Gasteiger partial charge in [-0.3, -0.25) is 9.69 Å². The van der Waals surface area contributed by atoms with Crippen LogP contribution in [0.4, 0.5) is 0 Å². The van der Waals surface area contributed by atoms with Gasteiger partial charge in [0, 0.05) is 31.6 Å². The number of hydrogen-bond donors (Lipinski definition) is 1. The molecule has 1 aliphatic rings. The molecular weight excluding hydrogens is 310 g/mol. The molecule has 0 amide bonds. The predicted octanol–water partition coefficient (Wildman–Crippen LogP) is 3.90. The summed E-state index contributed by atoms with van der Waals surface area (Å²) in [7, 11) is 0. The molecule has 0 radical (unpaired) electrons. The number of aromatic hydroxyl groups is 1. The van der Waals surface area contributed by atoms with Gasteiger partial charge in [-0.1, -0.05) is 48.0 Å². The highest BCUT2D eigenvalue weighted by Gasteiger charge is 2.21. The fourth-order valence-corrected chi connectivity index (χ4v) is 2.93. The molecule has 118 valence electrons. The lowest BCUT2D eigenvalue weighted by Crippen LogP contribution is -2.35. The van der Waals surface area contributed by atoms with Crippen LogP contribution >= 0.6 is 11.6 Å². The van der Waals surface area contributed by atoms with E-state index in [4.69, 9.17) is 11.6 Å². The van der Waals surface area contributed by atoms with Gasteiger partial charge in [0.25, 0.3) is 0 Å². The summed E-state index contributed by atoms with van der Waals surface area (Å²) >= 11 is 5.93. The van der Waals surface area contributed by atoms with Crippen molar-refractivity contribution in [1.82, 2.24) is 4.90 Å². The van der Waals surface area contributed by atoms with Crippen molar-refractivity contribution < 1.29 is 9.90 Å². The minimum Gasteiger partial charge on any atom is -0.506 e. The Morgan fingerprint density at radius 1 is 1.17 bits per heavy atom. The van der Waals surface area contributed by atoms with Crippen molar-refractivity contribution in [2.45, 2.75) is 13.0 Å². The molecule has 2 aromatic carbocycles. The number of ketones is 1. The predicted molar refractivity (Wildman–Crippen MR) is 92.4 cm³/mol. The summed E-state index contributed by atoms with van der Waals surface area (Å²) in [4.78, 5) is 14.4. The van der Waals surface area contributed by atoms with Crippen molar-refractivity contribution in [2.75, 3.05) is 13.1 Å². The monoisotopic (exact) mass is 327 g/mol. The van der Waals surface area contributed by atoms with Crippen LogP contribution in [0, 0.1) is 0 Å². The minimum atomic E-state index is 0.0505. The normalized spacial score (nSPS) is 17.6. The third-order valence-corrected chi connectivity index (χ3v) is 4.27. The summed E-state index contributed by atoms with van der Waals surface area (Å²) in [5.41, 5.74) is 2.86. The van der Waals surface area contributed by atoms with Gasteiger partial charge in [0.15, 0.2) is 5.78 Å². The van der Waals surface area contributed by atoms with Crippen LogP contribution in [-0.4, -0.2) is 28.9 Å². The largest absolute Gasteiger partial charge is 0.506 e. The van der Waals surface area contributed by atoms with Crippen LogP contribution in [-0.2, 0) is 11.3 Å². The third kappa shape index (κ3) is 4.01. The number of hydrogen-bond acceptors (Lipinski definition) is 3. The van der Waals surface area contributed by atoms with Crippen LogP contribution in [0.15, 0.2) is 54.1 Å². The maximum absolute atomic E-state index is 12.2. The number of carbonyl (C=O) groups excluding carboxylic acids is 1. The molecule has 3 rings (SSSR count). The van der Waals surface area contributed by atoms with E-state index in [2.05, 4.69) is 17.0 Å². The molecule has 1 fully saturated rings. The minimum absolute atomic E-state index is 0.0505. The van der Waals surface area contributed by atoms with Gasteiger partial charge in [0.1, 0.15) is 5.75 Å². The van der Waals surface area contributed by atoms with Gasteiger partial charge in [-0.05, 0) is 29.3 Å². The zero-order valence-corrected chi connectivity index (χ0v) is 13.5. The van der Waals surface area contributed by atoms with Gasteiger partial charge in [-0.15, -0.1) is 0 Å². The fourth-order valence-electron chi connectivity index (χ4n) is 2.75. The van der Waals surface area contributed by atoms with E-state index in [0.717, 1.165) is 24.2 Å². The molecule has 4 heteroatoms. The number of Topliss-reactive ketones (excluding diaryl/α,β-unsaturated/α-hetero) is 1. The summed E-state index contributed by atoms with van der Waals surface area (Å²) in [6.45, 7) is 2.25. The van der Waals surface area contributed by atoms with Gasteiger partial charge in [-0.2, -0.15) is 0 Å². The molecule has 0 unspecified atom stereocenters.